The van der Waals surface area contributed by atoms with Crippen molar-refractivity contribution in [3.05, 3.63) is 59.2 Å². The van der Waals surface area contributed by atoms with Crippen LogP contribution in [0.1, 0.15) is 48.9 Å². The van der Waals surface area contributed by atoms with E-state index in [1.807, 2.05) is 36.1 Å². The van der Waals surface area contributed by atoms with E-state index in [0.717, 1.165) is 42.6 Å². The van der Waals surface area contributed by atoms with E-state index in [1.54, 1.807) is 18.2 Å². The van der Waals surface area contributed by atoms with Crippen LogP contribution in [-0.4, -0.2) is 49.1 Å². The highest BCUT2D eigenvalue weighted by molar-refractivity contribution is 7.89. The fraction of sp³-hybridized carbons (Fsp3) is 0.417. The minimum absolute atomic E-state index is 0.0178. The molecule has 0 radical (unpaired) electrons. The third kappa shape index (κ3) is 4.42. The van der Waals surface area contributed by atoms with Gasteiger partial charge in [0.2, 0.25) is 21.8 Å². The first-order chi connectivity index (χ1) is 15.3. The largest absolute Gasteiger partial charge is 0.343 e. The van der Waals surface area contributed by atoms with E-state index in [9.17, 15) is 18.0 Å². The van der Waals surface area contributed by atoms with E-state index in [-0.39, 0.29) is 35.4 Å². The monoisotopic (exact) mass is 455 g/mol. The first-order valence-corrected chi connectivity index (χ1v) is 12.5. The topological polar surface area (TPSA) is 86.8 Å². The van der Waals surface area contributed by atoms with Crippen molar-refractivity contribution in [1.82, 2.24) is 9.21 Å². The van der Waals surface area contributed by atoms with E-state index in [1.165, 1.54) is 11.2 Å². The maximum atomic E-state index is 13.9. The number of nitrogens with zero attached hydrogens (tertiary/aromatic N) is 2. The molecule has 4 rings (SSSR count). The summed E-state index contributed by atoms with van der Waals surface area (Å²) in [6, 6.07) is 12.1. The van der Waals surface area contributed by atoms with Gasteiger partial charge >= 0.3 is 0 Å². The predicted molar refractivity (Wildman–Crippen MR) is 123 cm³/mol. The summed E-state index contributed by atoms with van der Waals surface area (Å²) in [6.45, 7) is 4.90. The van der Waals surface area contributed by atoms with Crippen molar-refractivity contribution in [3.63, 3.8) is 0 Å². The molecule has 7 nitrogen and oxygen atoms in total. The number of hydrogen-bond donors (Lipinski definition) is 1. The summed E-state index contributed by atoms with van der Waals surface area (Å²) in [5, 5.41) is 2.65. The highest BCUT2D eigenvalue weighted by atomic mass is 32.2. The molecule has 0 aliphatic carbocycles. The fourth-order valence-corrected chi connectivity index (χ4v) is 6.49. The maximum Gasteiger partial charge on any atom is 0.245 e. The molecule has 0 saturated carbocycles. The summed E-state index contributed by atoms with van der Waals surface area (Å²) in [4.78, 5) is 26.6. The van der Waals surface area contributed by atoms with Crippen LogP contribution >= 0.6 is 0 Å². The average molecular weight is 456 g/mol. The lowest BCUT2D eigenvalue weighted by Gasteiger charge is -2.37. The molecular formula is C24H29N3O4S. The molecule has 1 atom stereocenters. The van der Waals surface area contributed by atoms with Gasteiger partial charge in [0.25, 0.3) is 0 Å². The van der Waals surface area contributed by atoms with Gasteiger partial charge in [-0.3, -0.25) is 9.59 Å². The second-order valence-corrected chi connectivity index (χ2v) is 10.4. The molecule has 2 aliphatic heterocycles. The van der Waals surface area contributed by atoms with Crippen LogP contribution in [0.3, 0.4) is 0 Å². The first kappa shape index (κ1) is 22.5. The Kier molecular flexibility index (Phi) is 6.35. The number of benzene rings is 2. The van der Waals surface area contributed by atoms with Crippen molar-refractivity contribution in [2.75, 3.05) is 25.0 Å². The molecule has 1 N–H and O–H groups in total. The molecule has 1 saturated heterocycles. The van der Waals surface area contributed by atoms with Gasteiger partial charge in [-0.05, 0) is 55.0 Å². The molecule has 8 heteroatoms. The van der Waals surface area contributed by atoms with Crippen LogP contribution in [0, 0.1) is 6.92 Å². The van der Waals surface area contributed by atoms with Gasteiger partial charge < -0.3 is 10.2 Å². The lowest BCUT2D eigenvalue weighted by molar-refractivity contribution is -0.131. The van der Waals surface area contributed by atoms with E-state index in [2.05, 4.69) is 5.32 Å². The summed E-state index contributed by atoms with van der Waals surface area (Å²) in [7, 11) is -3.97. The molecule has 0 unspecified atom stereocenters. The summed E-state index contributed by atoms with van der Waals surface area (Å²) in [5.41, 5.74) is 2.99. The lowest BCUT2D eigenvalue weighted by atomic mass is 9.92. The average Bonchev–Trinajstić information content (AvgIpc) is 3.30. The summed E-state index contributed by atoms with van der Waals surface area (Å²) in [6.07, 6.45) is 2.65. The molecule has 2 heterocycles. The first-order valence-electron chi connectivity index (χ1n) is 11.0. The molecule has 0 aromatic heterocycles. The standard InChI is InChI=1S/C24H29N3O4S/c1-17-9-10-21(25-18(2)28)23(15-17)32(30,31)27-14-11-19-7-3-4-8-20(19)22(27)16-24(29)26-12-5-6-13-26/h3-4,7-10,15,22H,5-6,11-14,16H2,1-2H3,(H,25,28)/t22-/m0/s1. The maximum absolute atomic E-state index is 13.9. The molecular weight excluding hydrogens is 426 g/mol. The van der Waals surface area contributed by atoms with E-state index in [0.29, 0.717) is 6.42 Å². The molecule has 2 amide bonds. The smallest absolute Gasteiger partial charge is 0.245 e. The Morgan fingerprint density at radius 2 is 1.78 bits per heavy atom. The summed E-state index contributed by atoms with van der Waals surface area (Å²) in [5.74, 6) is -0.356. The van der Waals surface area contributed by atoms with Gasteiger partial charge in [-0.1, -0.05) is 30.3 Å². The van der Waals surface area contributed by atoms with Crippen molar-refractivity contribution >= 4 is 27.5 Å². The van der Waals surface area contributed by atoms with Crippen LogP contribution in [-0.2, 0) is 26.0 Å². The number of carbonyl (C=O) groups is 2. The Hall–Kier alpha value is -2.71. The quantitative estimate of drug-likeness (QED) is 0.750. The van der Waals surface area contributed by atoms with Crippen LogP contribution < -0.4 is 5.32 Å². The Morgan fingerprint density at radius 1 is 1.06 bits per heavy atom. The molecule has 1 fully saturated rings. The Labute approximate surface area is 189 Å². The number of hydrogen-bond acceptors (Lipinski definition) is 4. The highest BCUT2D eigenvalue weighted by Gasteiger charge is 2.39. The zero-order valence-electron chi connectivity index (χ0n) is 18.5. The number of aryl methyl sites for hydroxylation is 1. The van der Waals surface area contributed by atoms with Crippen molar-refractivity contribution < 1.29 is 18.0 Å². The Balaban J connectivity index is 1.76. The lowest BCUT2D eigenvalue weighted by Crippen LogP contribution is -2.42. The number of carbonyl (C=O) groups excluding carboxylic acids is 2. The van der Waals surface area contributed by atoms with Crippen LogP contribution in [0.4, 0.5) is 5.69 Å². The molecule has 2 aromatic rings. The molecule has 0 spiro atoms. The minimum atomic E-state index is -3.97. The number of rotatable bonds is 5. The fourth-order valence-electron chi connectivity index (χ4n) is 4.65. The molecule has 170 valence electrons. The third-order valence-corrected chi connectivity index (χ3v) is 8.17. The van der Waals surface area contributed by atoms with E-state index in [4.69, 9.17) is 0 Å². The Morgan fingerprint density at radius 3 is 2.50 bits per heavy atom. The molecule has 32 heavy (non-hydrogen) atoms. The SMILES string of the molecule is CC(=O)Nc1ccc(C)cc1S(=O)(=O)N1CCc2ccccc2[C@@H]1CC(=O)N1CCCC1. The number of likely N-dealkylation sites (tertiary alicyclic amines) is 1. The van der Waals surface area contributed by atoms with E-state index < -0.39 is 16.1 Å². The van der Waals surface area contributed by atoms with Crippen molar-refractivity contribution in [2.24, 2.45) is 0 Å². The van der Waals surface area contributed by atoms with Gasteiger partial charge in [0, 0.05) is 33.0 Å². The zero-order valence-corrected chi connectivity index (χ0v) is 19.3. The van der Waals surface area contributed by atoms with Crippen molar-refractivity contribution in [2.45, 2.75) is 50.5 Å². The Bertz CT molecular complexity index is 1140. The normalized spacial score (nSPS) is 18.9. The van der Waals surface area contributed by atoms with Crippen LogP contribution in [0.25, 0.3) is 0 Å². The number of anilines is 1. The minimum Gasteiger partial charge on any atom is -0.343 e. The number of sulfonamides is 1. The third-order valence-electron chi connectivity index (χ3n) is 6.22. The molecule has 0 bridgehead atoms. The van der Waals surface area contributed by atoms with Crippen LogP contribution in [0.15, 0.2) is 47.4 Å². The molecule has 2 aromatic carbocycles. The second-order valence-electron chi connectivity index (χ2n) is 8.55. The van der Waals surface area contributed by atoms with Gasteiger partial charge in [0.15, 0.2) is 0 Å². The van der Waals surface area contributed by atoms with Gasteiger partial charge in [0.05, 0.1) is 11.7 Å². The molecule has 2 aliphatic rings. The number of fused-ring (bicyclic) bond motifs is 1. The zero-order chi connectivity index (χ0) is 22.9. The van der Waals surface area contributed by atoms with Gasteiger partial charge in [-0.15, -0.1) is 0 Å². The summed E-state index contributed by atoms with van der Waals surface area (Å²) < 4.78 is 29.3. The van der Waals surface area contributed by atoms with Gasteiger partial charge in [-0.25, -0.2) is 8.42 Å². The number of amides is 2. The van der Waals surface area contributed by atoms with Gasteiger partial charge in [-0.2, -0.15) is 4.31 Å². The van der Waals surface area contributed by atoms with Crippen LogP contribution in [0.5, 0.6) is 0 Å². The van der Waals surface area contributed by atoms with Crippen molar-refractivity contribution in [3.8, 4) is 0 Å². The van der Waals surface area contributed by atoms with Crippen molar-refractivity contribution in [1.29, 1.82) is 0 Å². The second kappa shape index (κ2) is 9.03. The highest BCUT2D eigenvalue weighted by Crippen LogP contribution is 2.38. The van der Waals surface area contributed by atoms with Gasteiger partial charge in [0.1, 0.15) is 4.90 Å². The number of nitrogens with one attached hydrogen (secondary N) is 1. The van der Waals surface area contributed by atoms with E-state index >= 15 is 0 Å². The van der Waals surface area contributed by atoms with Crippen LogP contribution in [0.2, 0.25) is 0 Å². The summed E-state index contributed by atoms with van der Waals surface area (Å²) >= 11 is 0. The predicted octanol–water partition coefficient (Wildman–Crippen LogP) is 3.25.